The third-order valence-electron chi connectivity index (χ3n) is 4.33. The fraction of sp³-hybridized carbons (Fsp3) is 0.0833. The number of hydrogen-bond acceptors (Lipinski definition) is 6. The first kappa shape index (κ1) is 23.9. The highest BCUT2D eigenvalue weighted by Crippen LogP contribution is 2.18. The van der Waals surface area contributed by atoms with Crippen LogP contribution >= 0.6 is 0 Å². The van der Waals surface area contributed by atoms with Gasteiger partial charge in [-0.1, -0.05) is 30.3 Å². The summed E-state index contributed by atoms with van der Waals surface area (Å²) in [6.45, 7) is -0.278. The summed E-state index contributed by atoms with van der Waals surface area (Å²) in [5.41, 5.74) is 2.93. The molecule has 0 aliphatic rings. The molecule has 0 heterocycles. The minimum atomic E-state index is -1.09. The topological polar surface area (TPSA) is 118 Å². The molecule has 3 amide bonds. The van der Waals surface area contributed by atoms with Crippen LogP contribution in [0.2, 0.25) is 0 Å². The molecule has 0 bridgehead atoms. The van der Waals surface area contributed by atoms with Crippen LogP contribution in [0.1, 0.15) is 5.56 Å². The zero-order chi connectivity index (χ0) is 24.3. The lowest BCUT2D eigenvalue weighted by atomic mass is 10.2. The van der Waals surface area contributed by atoms with Gasteiger partial charge in [0.15, 0.2) is 6.61 Å². The second-order valence-corrected chi connectivity index (χ2v) is 6.74. The SMILES string of the molecule is COc1cccc(NC(=O)COc2ccccc2/C=N\NC(=O)C(=O)Nc2ccccc2F)c1. The van der Waals surface area contributed by atoms with Crippen LogP contribution in [0.4, 0.5) is 15.8 Å². The molecule has 3 rings (SSSR count). The van der Waals surface area contributed by atoms with Crippen molar-refractivity contribution in [3.8, 4) is 11.5 Å². The summed E-state index contributed by atoms with van der Waals surface area (Å²) in [4.78, 5) is 36.0. The molecule has 0 spiro atoms. The molecule has 3 aromatic rings. The van der Waals surface area contributed by atoms with E-state index in [2.05, 4.69) is 21.2 Å². The van der Waals surface area contributed by atoms with Gasteiger partial charge in [0.2, 0.25) is 0 Å². The van der Waals surface area contributed by atoms with Gasteiger partial charge in [-0.15, -0.1) is 0 Å². The number of amides is 3. The molecule has 0 radical (unpaired) electrons. The summed E-state index contributed by atoms with van der Waals surface area (Å²) in [6.07, 6.45) is 1.25. The number of anilines is 2. The Morgan fingerprint density at radius 3 is 2.50 bits per heavy atom. The first-order valence-corrected chi connectivity index (χ1v) is 10.0. The lowest BCUT2D eigenvalue weighted by Crippen LogP contribution is -2.32. The van der Waals surface area contributed by atoms with Gasteiger partial charge in [0.1, 0.15) is 17.3 Å². The number of rotatable bonds is 8. The smallest absolute Gasteiger partial charge is 0.329 e. The first-order valence-electron chi connectivity index (χ1n) is 10.0. The standard InChI is InChI=1S/C24H21FN4O5/c1-33-18-9-6-8-17(13-18)27-22(30)15-34-21-12-5-2-7-16(21)14-26-29-24(32)23(31)28-20-11-4-3-10-19(20)25/h2-14H,15H2,1H3,(H,27,30)(H,28,31)(H,29,32)/b26-14-. The van der Waals surface area contributed by atoms with E-state index in [0.29, 0.717) is 22.7 Å². The maximum absolute atomic E-state index is 13.6. The van der Waals surface area contributed by atoms with E-state index in [-0.39, 0.29) is 12.3 Å². The number of carbonyl (C=O) groups is 3. The third-order valence-corrected chi connectivity index (χ3v) is 4.33. The lowest BCUT2D eigenvalue weighted by molar-refractivity contribution is -0.136. The van der Waals surface area contributed by atoms with Gasteiger partial charge in [-0.05, 0) is 36.4 Å². The monoisotopic (exact) mass is 464 g/mol. The predicted octanol–water partition coefficient (Wildman–Crippen LogP) is 2.94. The Morgan fingerprint density at radius 1 is 0.941 bits per heavy atom. The van der Waals surface area contributed by atoms with Crippen LogP contribution in [-0.4, -0.2) is 37.7 Å². The van der Waals surface area contributed by atoms with Crippen molar-refractivity contribution >= 4 is 35.3 Å². The number of para-hydroxylation sites is 2. The Morgan fingerprint density at radius 2 is 1.71 bits per heavy atom. The van der Waals surface area contributed by atoms with Crippen LogP contribution in [0, 0.1) is 5.82 Å². The first-order chi connectivity index (χ1) is 16.5. The molecule has 0 fully saturated rings. The lowest BCUT2D eigenvalue weighted by Gasteiger charge is -2.10. The van der Waals surface area contributed by atoms with E-state index in [0.717, 1.165) is 6.07 Å². The van der Waals surface area contributed by atoms with Crippen LogP contribution in [-0.2, 0) is 14.4 Å². The number of halogens is 1. The Bertz CT molecular complexity index is 1220. The van der Waals surface area contributed by atoms with Crippen molar-refractivity contribution in [1.82, 2.24) is 5.43 Å². The van der Waals surface area contributed by atoms with Gasteiger partial charge in [-0.2, -0.15) is 5.10 Å². The molecule has 3 N–H and O–H groups in total. The van der Waals surface area contributed by atoms with E-state index >= 15 is 0 Å². The summed E-state index contributed by atoms with van der Waals surface area (Å²) < 4.78 is 24.3. The molecule has 0 saturated heterocycles. The fourth-order valence-corrected chi connectivity index (χ4v) is 2.71. The molecule has 9 nitrogen and oxygen atoms in total. The zero-order valence-corrected chi connectivity index (χ0v) is 18.1. The van der Waals surface area contributed by atoms with Crippen molar-refractivity contribution in [2.24, 2.45) is 5.10 Å². The summed E-state index contributed by atoms with van der Waals surface area (Å²) in [7, 11) is 1.53. The highest BCUT2D eigenvalue weighted by atomic mass is 19.1. The Hall–Kier alpha value is -4.73. The highest BCUT2D eigenvalue weighted by molar-refractivity contribution is 6.39. The largest absolute Gasteiger partial charge is 0.497 e. The van der Waals surface area contributed by atoms with E-state index in [1.165, 1.54) is 31.5 Å². The van der Waals surface area contributed by atoms with Gasteiger partial charge in [0, 0.05) is 17.3 Å². The number of hydrazone groups is 1. The summed E-state index contributed by atoms with van der Waals surface area (Å²) in [5, 5.41) is 8.58. The van der Waals surface area contributed by atoms with Crippen LogP contribution < -0.4 is 25.5 Å². The molecule has 0 aliphatic carbocycles. The normalized spacial score (nSPS) is 10.4. The second kappa shape index (κ2) is 11.8. The van der Waals surface area contributed by atoms with Crippen molar-refractivity contribution in [2.45, 2.75) is 0 Å². The van der Waals surface area contributed by atoms with Crippen LogP contribution in [0.15, 0.2) is 77.9 Å². The van der Waals surface area contributed by atoms with Crippen molar-refractivity contribution in [3.63, 3.8) is 0 Å². The van der Waals surface area contributed by atoms with Gasteiger partial charge in [0.25, 0.3) is 5.91 Å². The van der Waals surface area contributed by atoms with Crippen LogP contribution in [0.5, 0.6) is 11.5 Å². The number of nitrogens with one attached hydrogen (secondary N) is 3. The average molecular weight is 464 g/mol. The highest BCUT2D eigenvalue weighted by Gasteiger charge is 2.15. The molecule has 0 aromatic heterocycles. The number of carbonyl (C=O) groups excluding carboxylic acids is 3. The molecule has 174 valence electrons. The van der Waals surface area contributed by atoms with E-state index in [1.54, 1.807) is 48.5 Å². The molecule has 0 saturated carbocycles. The molecule has 34 heavy (non-hydrogen) atoms. The molecule has 0 unspecified atom stereocenters. The van der Waals surface area contributed by atoms with Crippen molar-refractivity contribution in [3.05, 3.63) is 84.2 Å². The van der Waals surface area contributed by atoms with Crippen LogP contribution in [0.3, 0.4) is 0 Å². The molecule has 0 aliphatic heterocycles. The Kier molecular flexibility index (Phi) is 8.28. The van der Waals surface area contributed by atoms with Crippen molar-refractivity contribution in [1.29, 1.82) is 0 Å². The van der Waals surface area contributed by atoms with Crippen LogP contribution in [0.25, 0.3) is 0 Å². The second-order valence-electron chi connectivity index (χ2n) is 6.74. The fourth-order valence-electron chi connectivity index (χ4n) is 2.71. The maximum Gasteiger partial charge on any atom is 0.329 e. The summed E-state index contributed by atoms with van der Waals surface area (Å²) in [6, 6.07) is 19.0. The minimum Gasteiger partial charge on any atom is -0.497 e. The van der Waals surface area contributed by atoms with E-state index in [4.69, 9.17) is 9.47 Å². The third kappa shape index (κ3) is 6.89. The minimum absolute atomic E-state index is 0.127. The Balaban J connectivity index is 1.54. The number of benzene rings is 3. The van der Waals surface area contributed by atoms with Crippen molar-refractivity contribution in [2.75, 3.05) is 24.4 Å². The summed E-state index contributed by atoms with van der Waals surface area (Å²) in [5.74, 6) is -2.30. The number of hydrogen-bond donors (Lipinski definition) is 3. The van der Waals surface area contributed by atoms with Gasteiger partial charge in [-0.25, -0.2) is 9.82 Å². The average Bonchev–Trinajstić information content (AvgIpc) is 2.84. The molecular formula is C24H21FN4O5. The molecule has 10 heteroatoms. The number of methoxy groups -OCH3 is 1. The predicted molar refractivity (Wildman–Crippen MR) is 124 cm³/mol. The summed E-state index contributed by atoms with van der Waals surface area (Å²) >= 11 is 0. The molecule has 0 atom stereocenters. The maximum atomic E-state index is 13.6. The quantitative estimate of drug-likeness (QED) is 0.269. The molecule has 3 aromatic carbocycles. The van der Waals surface area contributed by atoms with E-state index < -0.39 is 23.5 Å². The number of nitrogens with zero attached hydrogens (tertiary/aromatic N) is 1. The zero-order valence-electron chi connectivity index (χ0n) is 18.1. The van der Waals surface area contributed by atoms with Gasteiger partial charge in [-0.3, -0.25) is 14.4 Å². The van der Waals surface area contributed by atoms with Crippen molar-refractivity contribution < 1.29 is 28.2 Å². The van der Waals surface area contributed by atoms with E-state index in [1.807, 2.05) is 0 Å². The van der Waals surface area contributed by atoms with Gasteiger partial charge >= 0.3 is 11.8 Å². The Labute approximate surface area is 194 Å². The van der Waals surface area contributed by atoms with Gasteiger partial charge in [0.05, 0.1) is 19.0 Å². The molecular weight excluding hydrogens is 443 g/mol. The van der Waals surface area contributed by atoms with Gasteiger partial charge < -0.3 is 20.1 Å². The van der Waals surface area contributed by atoms with E-state index in [9.17, 15) is 18.8 Å². The number of ether oxygens (including phenoxy) is 2.